The number of halogens is 1. The monoisotopic (exact) mass is 246 g/mol. The number of hydrogen-bond donors (Lipinski definition) is 2. The molecule has 3 N–H and O–H groups in total. The average molecular weight is 246 g/mol. The lowest BCUT2D eigenvalue weighted by atomic mass is 10.1. The summed E-state index contributed by atoms with van der Waals surface area (Å²) in [6.07, 6.45) is 0. The van der Waals surface area contributed by atoms with Gasteiger partial charge in [-0.15, -0.1) is 0 Å². The van der Waals surface area contributed by atoms with Crippen molar-refractivity contribution in [1.29, 1.82) is 0 Å². The summed E-state index contributed by atoms with van der Waals surface area (Å²) < 4.78 is 37.9. The van der Waals surface area contributed by atoms with E-state index in [0.29, 0.717) is 5.56 Å². The van der Waals surface area contributed by atoms with Gasteiger partial charge in [0.25, 0.3) is 0 Å². The van der Waals surface area contributed by atoms with Gasteiger partial charge in [0.1, 0.15) is 5.82 Å². The minimum atomic E-state index is -3.36. The fourth-order valence-electron chi connectivity index (χ4n) is 1.30. The lowest BCUT2D eigenvalue weighted by Crippen LogP contribution is -2.31. The molecule has 0 radical (unpaired) electrons. The van der Waals surface area contributed by atoms with Gasteiger partial charge in [-0.05, 0) is 24.6 Å². The van der Waals surface area contributed by atoms with Gasteiger partial charge in [0.15, 0.2) is 0 Å². The third kappa shape index (κ3) is 3.88. The molecule has 0 aliphatic heterocycles. The number of rotatable bonds is 5. The standard InChI is InChI=1S/C10H15FN2O2S/c1-8(13-16(14,15)7-6-12)9-2-4-10(11)5-3-9/h2-5,8,13H,6-7,12H2,1H3. The van der Waals surface area contributed by atoms with Crippen LogP contribution in [-0.4, -0.2) is 20.7 Å². The highest BCUT2D eigenvalue weighted by molar-refractivity contribution is 7.89. The van der Waals surface area contributed by atoms with E-state index < -0.39 is 16.1 Å². The Morgan fingerprint density at radius 1 is 1.38 bits per heavy atom. The normalized spacial score (nSPS) is 13.7. The van der Waals surface area contributed by atoms with E-state index in [1.807, 2.05) is 0 Å². The van der Waals surface area contributed by atoms with Crippen LogP contribution in [0, 0.1) is 5.82 Å². The Labute approximate surface area is 94.7 Å². The first kappa shape index (κ1) is 13.1. The van der Waals surface area contributed by atoms with Crippen molar-refractivity contribution in [3.63, 3.8) is 0 Å². The molecule has 1 atom stereocenters. The summed E-state index contributed by atoms with van der Waals surface area (Å²) in [5, 5.41) is 0. The first-order valence-corrected chi connectivity index (χ1v) is 6.55. The van der Waals surface area contributed by atoms with Crippen LogP contribution in [0.5, 0.6) is 0 Å². The van der Waals surface area contributed by atoms with E-state index in [2.05, 4.69) is 4.72 Å². The molecule has 0 bridgehead atoms. The third-order valence-electron chi connectivity index (χ3n) is 2.11. The first-order valence-electron chi connectivity index (χ1n) is 4.90. The highest BCUT2D eigenvalue weighted by Gasteiger charge is 2.14. The molecule has 0 fully saturated rings. The molecular formula is C10H15FN2O2S. The summed E-state index contributed by atoms with van der Waals surface area (Å²) >= 11 is 0. The molecule has 6 heteroatoms. The second-order valence-corrected chi connectivity index (χ2v) is 5.37. The van der Waals surface area contributed by atoms with Crippen LogP contribution in [0.1, 0.15) is 18.5 Å². The molecule has 0 heterocycles. The van der Waals surface area contributed by atoms with E-state index in [1.54, 1.807) is 19.1 Å². The summed E-state index contributed by atoms with van der Waals surface area (Å²) in [6.45, 7) is 1.77. The number of benzene rings is 1. The third-order valence-corrected chi connectivity index (χ3v) is 3.60. The molecule has 1 aromatic carbocycles. The summed E-state index contributed by atoms with van der Waals surface area (Å²) in [5.74, 6) is -0.459. The average Bonchev–Trinajstić information content (AvgIpc) is 2.17. The van der Waals surface area contributed by atoms with Crippen molar-refractivity contribution >= 4 is 10.0 Å². The van der Waals surface area contributed by atoms with Crippen LogP contribution < -0.4 is 10.5 Å². The molecule has 0 saturated heterocycles. The fraction of sp³-hybridized carbons (Fsp3) is 0.400. The van der Waals surface area contributed by atoms with E-state index in [0.717, 1.165) is 0 Å². The van der Waals surface area contributed by atoms with Crippen molar-refractivity contribution < 1.29 is 12.8 Å². The number of nitrogens with two attached hydrogens (primary N) is 1. The molecule has 1 aromatic rings. The van der Waals surface area contributed by atoms with Crippen molar-refractivity contribution in [2.75, 3.05) is 12.3 Å². The van der Waals surface area contributed by atoms with Crippen LogP contribution in [0.4, 0.5) is 4.39 Å². The Kier molecular flexibility index (Phi) is 4.40. The number of hydrogen-bond acceptors (Lipinski definition) is 3. The van der Waals surface area contributed by atoms with E-state index in [-0.39, 0.29) is 18.1 Å². The number of nitrogens with one attached hydrogen (secondary N) is 1. The maximum absolute atomic E-state index is 12.7. The highest BCUT2D eigenvalue weighted by Crippen LogP contribution is 2.13. The highest BCUT2D eigenvalue weighted by atomic mass is 32.2. The van der Waals surface area contributed by atoms with Crippen molar-refractivity contribution in [2.24, 2.45) is 5.73 Å². The van der Waals surface area contributed by atoms with Gasteiger partial charge in [0.2, 0.25) is 10.0 Å². The minimum Gasteiger partial charge on any atom is -0.329 e. The summed E-state index contributed by atoms with van der Waals surface area (Å²) in [5.41, 5.74) is 5.89. The van der Waals surface area contributed by atoms with Crippen molar-refractivity contribution in [2.45, 2.75) is 13.0 Å². The molecule has 1 unspecified atom stereocenters. The molecular weight excluding hydrogens is 231 g/mol. The maximum Gasteiger partial charge on any atom is 0.213 e. The Bertz CT molecular complexity index is 431. The molecule has 16 heavy (non-hydrogen) atoms. The van der Waals surface area contributed by atoms with Crippen LogP contribution in [0.25, 0.3) is 0 Å². The fourth-order valence-corrected chi connectivity index (χ4v) is 2.41. The van der Waals surface area contributed by atoms with Crippen LogP contribution in [0.15, 0.2) is 24.3 Å². The smallest absolute Gasteiger partial charge is 0.213 e. The SMILES string of the molecule is CC(NS(=O)(=O)CCN)c1ccc(F)cc1. The van der Waals surface area contributed by atoms with Crippen LogP contribution in [0.2, 0.25) is 0 Å². The maximum atomic E-state index is 12.7. The Morgan fingerprint density at radius 3 is 2.44 bits per heavy atom. The summed E-state index contributed by atoms with van der Waals surface area (Å²) in [7, 11) is -3.36. The van der Waals surface area contributed by atoms with Gasteiger partial charge in [0.05, 0.1) is 5.75 Å². The molecule has 4 nitrogen and oxygen atoms in total. The molecule has 1 rings (SSSR count). The van der Waals surface area contributed by atoms with E-state index in [4.69, 9.17) is 5.73 Å². The Hall–Kier alpha value is -0.980. The van der Waals surface area contributed by atoms with E-state index in [9.17, 15) is 12.8 Å². The minimum absolute atomic E-state index is 0.0749. The van der Waals surface area contributed by atoms with Crippen molar-refractivity contribution in [1.82, 2.24) is 4.72 Å². The summed E-state index contributed by atoms with van der Waals surface area (Å²) in [6, 6.07) is 5.29. The Balaban J connectivity index is 2.72. The van der Waals surface area contributed by atoms with Crippen molar-refractivity contribution in [3.8, 4) is 0 Å². The van der Waals surface area contributed by atoms with Gasteiger partial charge < -0.3 is 5.73 Å². The molecule has 0 saturated carbocycles. The summed E-state index contributed by atoms with van der Waals surface area (Å²) in [4.78, 5) is 0. The van der Waals surface area contributed by atoms with Crippen LogP contribution in [-0.2, 0) is 10.0 Å². The van der Waals surface area contributed by atoms with Crippen LogP contribution in [0.3, 0.4) is 0 Å². The van der Waals surface area contributed by atoms with E-state index in [1.165, 1.54) is 12.1 Å². The largest absolute Gasteiger partial charge is 0.329 e. The Morgan fingerprint density at radius 2 is 1.94 bits per heavy atom. The van der Waals surface area contributed by atoms with Crippen LogP contribution >= 0.6 is 0 Å². The van der Waals surface area contributed by atoms with Gasteiger partial charge in [0, 0.05) is 12.6 Å². The van der Waals surface area contributed by atoms with Gasteiger partial charge in [-0.3, -0.25) is 0 Å². The predicted molar refractivity (Wildman–Crippen MR) is 60.8 cm³/mol. The zero-order valence-electron chi connectivity index (χ0n) is 8.98. The van der Waals surface area contributed by atoms with Gasteiger partial charge >= 0.3 is 0 Å². The zero-order valence-corrected chi connectivity index (χ0v) is 9.80. The molecule has 0 spiro atoms. The topological polar surface area (TPSA) is 72.2 Å². The molecule has 90 valence electrons. The molecule has 0 amide bonds. The van der Waals surface area contributed by atoms with E-state index >= 15 is 0 Å². The zero-order chi connectivity index (χ0) is 12.2. The lowest BCUT2D eigenvalue weighted by Gasteiger charge is -2.14. The van der Waals surface area contributed by atoms with Gasteiger partial charge in [-0.1, -0.05) is 12.1 Å². The lowest BCUT2D eigenvalue weighted by molar-refractivity contribution is 0.566. The second kappa shape index (κ2) is 5.38. The quantitative estimate of drug-likeness (QED) is 0.806. The first-order chi connectivity index (χ1) is 7.44. The van der Waals surface area contributed by atoms with Gasteiger partial charge in [-0.2, -0.15) is 0 Å². The second-order valence-electron chi connectivity index (χ2n) is 3.50. The van der Waals surface area contributed by atoms with Crippen molar-refractivity contribution in [3.05, 3.63) is 35.6 Å². The number of sulfonamides is 1. The molecule has 0 aliphatic rings. The molecule has 0 aliphatic carbocycles. The predicted octanol–water partition coefficient (Wildman–Crippen LogP) is 0.765. The van der Waals surface area contributed by atoms with Gasteiger partial charge in [-0.25, -0.2) is 17.5 Å². The molecule has 0 aromatic heterocycles.